The molecule has 54 heavy (non-hydrogen) atoms. The van der Waals surface area contributed by atoms with E-state index in [4.69, 9.17) is 35.3 Å². The van der Waals surface area contributed by atoms with Crippen molar-refractivity contribution < 1.29 is 48.0 Å². The predicted molar refractivity (Wildman–Crippen MR) is 200 cm³/mol. The van der Waals surface area contributed by atoms with Gasteiger partial charge in [0.05, 0.1) is 52.5 Å². The molecule has 4 amide bonds. The number of amides is 4. The largest absolute Gasteiger partial charge is 0.496 e. The van der Waals surface area contributed by atoms with Gasteiger partial charge >= 0.3 is 12.0 Å². The Morgan fingerprint density at radius 1 is 0.870 bits per heavy atom. The van der Waals surface area contributed by atoms with Crippen molar-refractivity contribution in [2.75, 3.05) is 41.5 Å². The minimum atomic E-state index is -1.17. The fourth-order valence-corrected chi connectivity index (χ4v) is 6.43. The van der Waals surface area contributed by atoms with Crippen molar-refractivity contribution in [3.8, 4) is 28.7 Å². The van der Waals surface area contributed by atoms with Gasteiger partial charge in [-0.15, -0.1) is 0 Å². The number of hydrogen-bond acceptors (Lipinski definition) is 9. The molecule has 2 atom stereocenters. The minimum Gasteiger partial charge on any atom is -0.496 e. The monoisotopic (exact) mass is 759 g/mol. The molecule has 0 aliphatic carbocycles. The van der Waals surface area contributed by atoms with E-state index in [-0.39, 0.29) is 37.4 Å². The number of urea groups is 1. The Kier molecular flexibility index (Phi) is 12.9. The molecule has 0 saturated carbocycles. The van der Waals surface area contributed by atoms with Gasteiger partial charge in [0, 0.05) is 23.7 Å². The molecule has 0 bridgehead atoms. The van der Waals surface area contributed by atoms with E-state index >= 15 is 0 Å². The Bertz CT molecular complexity index is 1980. The fraction of sp³-hybridized carbons (Fsp3) is 0.300. The first-order chi connectivity index (χ1) is 26.0. The maximum atomic E-state index is 14.3. The molecule has 0 radical (unpaired) electrons. The number of nitrogens with zero attached hydrogens (tertiary/aromatic N) is 2. The van der Waals surface area contributed by atoms with Crippen LogP contribution in [0.4, 0.5) is 4.79 Å². The molecule has 2 N–H and O–H groups in total. The number of carbonyl (C=O) groups excluding carboxylic acids is 3. The Morgan fingerprint density at radius 3 is 2.19 bits per heavy atom. The minimum absolute atomic E-state index is 0.000812. The van der Waals surface area contributed by atoms with E-state index in [9.17, 15) is 24.3 Å². The van der Waals surface area contributed by atoms with E-state index in [0.717, 1.165) is 10.5 Å². The van der Waals surface area contributed by atoms with Gasteiger partial charge in [0.15, 0.2) is 0 Å². The van der Waals surface area contributed by atoms with Gasteiger partial charge in [-0.3, -0.25) is 14.5 Å². The lowest BCUT2D eigenvalue weighted by atomic mass is 9.96. The summed E-state index contributed by atoms with van der Waals surface area (Å²) in [6.07, 6.45) is 0.0985. The Labute approximate surface area is 318 Å². The third-order valence-corrected chi connectivity index (χ3v) is 9.37. The van der Waals surface area contributed by atoms with Gasteiger partial charge in [0.25, 0.3) is 0 Å². The number of carbonyl (C=O) groups is 4. The molecule has 13 nitrogen and oxygen atoms in total. The molecule has 0 spiro atoms. The smallest absolute Gasteiger partial charge is 0.339 e. The molecule has 1 aliphatic heterocycles. The van der Waals surface area contributed by atoms with Crippen LogP contribution in [-0.2, 0) is 29.2 Å². The van der Waals surface area contributed by atoms with Crippen molar-refractivity contribution >= 4 is 35.4 Å². The average molecular weight is 760 g/mol. The molecule has 4 aromatic rings. The highest BCUT2D eigenvalue weighted by molar-refractivity contribution is 6.30. The van der Waals surface area contributed by atoms with Gasteiger partial charge in [-0.25, -0.2) is 9.59 Å². The summed E-state index contributed by atoms with van der Waals surface area (Å²) in [4.78, 5) is 56.7. The maximum Gasteiger partial charge on any atom is 0.339 e. The zero-order valence-corrected chi connectivity index (χ0v) is 31.3. The summed E-state index contributed by atoms with van der Waals surface area (Å²) >= 11 is 6.34. The second kappa shape index (κ2) is 17.7. The highest BCUT2D eigenvalue weighted by Gasteiger charge is 2.39. The second-order valence-electron chi connectivity index (χ2n) is 12.6. The number of aromatic carboxylic acids is 1. The van der Waals surface area contributed by atoms with Crippen LogP contribution >= 0.6 is 11.6 Å². The predicted octanol–water partition coefficient (Wildman–Crippen LogP) is 6.15. The normalized spacial score (nSPS) is 14.9. The SMILES string of the molecule is COc1cc(OC)c(CN2C[C@@H](Cc3cc(Cl)ccc3OC)C(=O)N(C(=O)N[C@@H](C)c3ccc(C(=O)O)c(OCc4ccccc4)c3)CC2=O)c(OC)c1. The number of nitrogens with one attached hydrogen (secondary N) is 1. The number of benzene rings is 4. The Hall–Kier alpha value is -5.95. The summed E-state index contributed by atoms with van der Waals surface area (Å²) in [6, 6.07) is 20.6. The Morgan fingerprint density at radius 2 is 1.56 bits per heavy atom. The molecule has 14 heteroatoms. The number of carboxylic acid groups (broad SMARTS) is 1. The highest BCUT2D eigenvalue weighted by atomic mass is 35.5. The van der Waals surface area contributed by atoms with Crippen molar-refractivity contribution in [1.29, 1.82) is 0 Å². The fourth-order valence-electron chi connectivity index (χ4n) is 6.24. The zero-order chi connectivity index (χ0) is 38.9. The lowest BCUT2D eigenvalue weighted by molar-refractivity contribution is -0.135. The lowest BCUT2D eigenvalue weighted by Gasteiger charge is -2.26. The number of carboxylic acids is 1. The summed E-state index contributed by atoms with van der Waals surface area (Å²) in [5, 5.41) is 13.0. The maximum absolute atomic E-state index is 14.3. The molecule has 0 aromatic heterocycles. The van der Waals surface area contributed by atoms with E-state index in [1.165, 1.54) is 39.4 Å². The number of hydrogen-bond donors (Lipinski definition) is 2. The van der Waals surface area contributed by atoms with Crippen molar-refractivity contribution in [2.45, 2.75) is 32.5 Å². The Balaban J connectivity index is 1.44. The molecular weight excluding hydrogens is 718 g/mol. The van der Waals surface area contributed by atoms with Crippen LogP contribution in [0, 0.1) is 5.92 Å². The summed E-state index contributed by atoms with van der Waals surface area (Å²) in [5.74, 6) is -1.23. The van der Waals surface area contributed by atoms with Crippen LogP contribution in [0.1, 0.15) is 45.6 Å². The standard InChI is InChI=1S/C40H42ClN3O10/c1-24(26-11-13-31(39(47)48)36(17-26)54-23-25-9-7-6-8-10-25)42-40(49)44-22-37(45)43(21-32-34(52-4)18-30(50-2)19-35(32)53-5)20-28(38(44)46)15-27-16-29(41)12-14-33(27)51-3/h6-14,16-19,24,28H,15,20-23H2,1-5H3,(H,42,49)(H,47,48)/t24-,28+/m0/s1. The topological polar surface area (TPSA) is 153 Å². The first-order valence-corrected chi connectivity index (χ1v) is 17.4. The molecule has 0 unspecified atom stereocenters. The quantitative estimate of drug-likeness (QED) is 0.153. The van der Waals surface area contributed by atoms with Gasteiger partial charge in [0.2, 0.25) is 11.8 Å². The van der Waals surface area contributed by atoms with Crippen molar-refractivity contribution in [1.82, 2.24) is 15.1 Å². The lowest BCUT2D eigenvalue weighted by Crippen LogP contribution is -2.48. The molecule has 284 valence electrons. The van der Waals surface area contributed by atoms with Crippen molar-refractivity contribution in [3.05, 3.63) is 112 Å². The van der Waals surface area contributed by atoms with Crippen LogP contribution in [-0.4, -0.2) is 80.2 Å². The molecular formula is C40H42ClN3O10. The summed E-state index contributed by atoms with van der Waals surface area (Å²) in [7, 11) is 5.99. The molecule has 1 heterocycles. The van der Waals surface area contributed by atoms with Crippen LogP contribution in [0.5, 0.6) is 28.7 Å². The zero-order valence-electron chi connectivity index (χ0n) is 30.6. The van der Waals surface area contributed by atoms with Gasteiger partial charge in [-0.2, -0.15) is 0 Å². The van der Waals surface area contributed by atoms with E-state index < -0.39 is 42.3 Å². The van der Waals surface area contributed by atoms with Crippen LogP contribution in [0.25, 0.3) is 0 Å². The summed E-state index contributed by atoms with van der Waals surface area (Å²) in [5.41, 5.74) is 2.47. The average Bonchev–Trinajstić information content (AvgIpc) is 3.29. The van der Waals surface area contributed by atoms with Crippen molar-refractivity contribution in [2.24, 2.45) is 5.92 Å². The van der Waals surface area contributed by atoms with E-state index in [0.29, 0.717) is 44.7 Å². The van der Waals surface area contributed by atoms with Gasteiger partial charge < -0.3 is 39.0 Å². The van der Waals surface area contributed by atoms with Gasteiger partial charge in [0.1, 0.15) is 47.5 Å². The number of imide groups is 1. The highest BCUT2D eigenvalue weighted by Crippen LogP contribution is 2.36. The third kappa shape index (κ3) is 9.15. The van der Waals surface area contributed by atoms with Crippen LogP contribution in [0.15, 0.2) is 78.9 Å². The van der Waals surface area contributed by atoms with Crippen molar-refractivity contribution in [3.63, 3.8) is 0 Å². The molecule has 1 saturated heterocycles. The van der Waals surface area contributed by atoms with Gasteiger partial charge in [-0.05, 0) is 60.4 Å². The van der Waals surface area contributed by atoms with Gasteiger partial charge in [-0.1, -0.05) is 48.0 Å². The number of ether oxygens (including phenoxy) is 5. The first kappa shape index (κ1) is 39.3. The number of halogens is 1. The van der Waals surface area contributed by atoms with E-state index in [1.807, 2.05) is 30.3 Å². The number of methoxy groups -OCH3 is 4. The summed E-state index contributed by atoms with van der Waals surface area (Å²) in [6.45, 7) is 1.20. The first-order valence-electron chi connectivity index (χ1n) is 17.0. The molecule has 5 rings (SSSR count). The number of rotatable bonds is 14. The second-order valence-corrected chi connectivity index (χ2v) is 13.0. The summed E-state index contributed by atoms with van der Waals surface area (Å²) < 4.78 is 28.1. The molecule has 4 aromatic carbocycles. The van der Waals surface area contributed by atoms with E-state index in [2.05, 4.69) is 5.32 Å². The molecule has 1 fully saturated rings. The van der Waals surface area contributed by atoms with Crippen LogP contribution in [0.2, 0.25) is 5.02 Å². The van der Waals surface area contributed by atoms with Crippen LogP contribution in [0.3, 0.4) is 0 Å². The van der Waals surface area contributed by atoms with Crippen LogP contribution < -0.4 is 29.0 Å². The van der Waals surface area contributed by atoms with E-state index in [1.54, 1.807) is 49.4 Å². The molecule has 1 aliphatic rings. The third-order valence-electron chi connectivity index (χ3n) is 9.14.